The van der Waals surface area contributed by atoms with Crippen molar-refractivity contribution in [2.45, 2.75) is 57.8 Å². The van der Waals surface area contributed by atoms with Crippen LogP contribution in [0.15, 0.2) is 58.2 Å². The fraction of sp³-hybridized carbons (Fsp3) is 0.391. The first kappa shape index (κ1) is 23.6. The summed E-state index contributed by atoms with van der Waals surface area (Å²) in [5.41, 5.74) is 0.628. The summed E-state index contributed by atoms with van der Waals surface area (Å²) in [7, 11) is -3.93. The Kier molecular flexibility index (Phi) is 7.08. The maximum absolute atomic E-state index is 13.1. The van der Waals surface area contributed by atoms with Crippen LogP contribution < -0.4 is 5.32 Å². The van der Waals surface area contributed by atoms with Gasteiger partial charge < -0.3 is 19.2 Å². The molecule has 32 heavy (non-hydrogen) atoms. The molecule has 1 N–H and O–H groups in total. The quantitative estimate of drug-likeness (QED) is 0.530. The maximum Gasteiger partial charge on any atom is 0.242 e. The van der Waals surface area contributed by atoms with Crippen LogP contribution >= 0.6 is 0 Å². The number of aromatic nitrogens is 1. The minimum Gasteiger partial charge on any atom is -0.467 e. The van der Waals surface area contributed by atoms with Gasteiger partial charge in [0.2, 0.25) is 11.8 Å². The van der Waals surface area contributed by atoms with Crippen molar-refractivity contribution in [2.75, 3.05) is 5.75 Å². The highest BCUT2D eigenvalue weighted by Gasteiger charge is 2.26. The molecule has 3 aromatic rings. The molecule has 0 spiro atoms. The third kappa shape index (κ3) is 5.21. The van der Waals surface area contributed by atoms with Crippen molar-refractivity contribution >= 4 is 32.6 Å². The third-order valence-corrected chi connectivity index (χ3v) is 6.79. The number of rotatable bonds is 9. The maximum atomic E-state index is 13.1. The topological polar surface area (TPSA) is 102 Å². The zero-order chi connectivity index (χ0) is 23.5. The van der Waals surface area contributed by atoms with E-state index in [0.29, 0.717) is 16.7 Å². The van der Waals surface area contributed by atoms with E-state index in [9.17, 15) is 18.0 Å². The molecule has 0 aliphatic heterocycles. The van der Waals surface area contributed by atoms with E-state index in [1.165, 1.54) is 12.5 Å². The van der Waals surface area contributed by atoms with E-state index in [1.54, 1.807) is 45.9 Å². The van der Waals surface area contributed by atoms with Crippen molar-refractivity contribution in [3.8, 4) is 0 Å². The molecule has 0 saturated carbocycles. The van der Waals surface area contributed by atoms with E-state index >= 15 is 0 Å². The smallest absolute Gasteiger partial charge is 0.242 e. The molecular formula is C23H29N3O5S. The van der Waals surface area contributed by atoms with E-state index in [-0.39, 0.29) is 36.0 Å². The molecule has 0 aliphatic carbocycles. The van der Waals surface area contributed by atoms with E-state index < -0.39 is 21.5 Å². The van der Waals surface area contributed by atoms with E-state index in [1.807, 2.05) is 27.7 Å². The molecule has 0 saturated heterocycles. The summed E-state index contributed by atoms with van der Waals surface area (Å²) in [4.78, 5) is 27.0. The molecule has 0 aliphatic rings. The van der Waals surface area contributed by atoms with Gasteiger partial charge in [0, 0.05) is 29.2 Å². The highest BCUT2D eigenvalue weighted by Crippen LogP contribution is 2.27. The summed E-state index contributed by atoms with van der Waals surface area (Å²) in [6.07, 6.45) is 2.94. The Morgan fingerprint density at radius 3 is 2.38 bits per heavy atom. The number of carbonyl (C=O) groups is 2. The molecule has 9 heteroatoms. The monoisotopic (exact) mass is 459 g/mol. The lowest BCUT2D eigenvalue weighted by atomic mass is 10.2. The van der Waals surface area contributed by atoms with Crippen LogP contribution in [-0.4, -0.2) is 47.5 Å². The Morgan fingerprint density at radius 1 is 1.06 bits per heavy atom. The van der Waals surface area contributed by atoms with Crippen LogP contribution in [0, 0.1) is 0 Å². The second kappa shape index (κ2) is 9.60. The minimum absolute atomic E-state index is 0.0110. The number of hydrogen-bond donors (Lipinski definition) is 1. The zero-order valence-corrected chi connectivity index (χ0v) is 19.6. The summed E-state index contributed by atoms with van der Waals surface area (Å²) >= 11 is 0. The van der Waals surface area contributed by atoms with Crippen LogP contribution in [0.2, 0.25) is 0 Å². The number of nitrogens with zero attached hydrogens (tertiary/aromatic N) is 2. The van der Waals surface area contributed by atoms with Crippen molar-refractivity contribution in [3.05, 3.63) is 54.6 Å². The molecule has 0 unspecified atom stereocenters. The largest absolute Gasteiger partial charge is 0.467 e. The molecule has 0 atom stereocenters. The normalized spacial score (nSPS) is 11.9. The molecule has 2 aromatic heterocycles. The lowest BCUT2D eigenvalue weighted by molar-refractivity contribution is -0.135. The Hall–Kier alpha value is -3.07. The number of hydrogen-bond acceptors (Lipinski definition) is 5. The van der Waals surface area contributed by atoms with Gasteiger partial charge >= 0.3 is 0 Å². The Morgan fingerprint density at radius 2 is 1.75 bits per heavy atom. The van der Waals surface area contributed by atoms with Crippen molar-refractivity contribution in [2.24, 2.45) is 0 Å². The van der Waals surface area contributed by atoms with E-state index in [0.717, 1.165) is 0 Å². The Labute approximate surface area is 188 Å². The van der Waals surface area contributed by atoms with Crippen LogP contribution in [0.4, 0.5) is 0 Å². The fourth-order valence-corrected chi connectivity index (χ4v) is 5.29. The number of benzene rings is 1. The zero-order valence-electron chi connectivity index (χ0n) is 18.7. The van der Waals surface area contributed by atoms with Gasteiger partial charge in [-0.2, -0.15) is 0 Å². The lowest BCUT2D eigenvalue weighted by Gasteiger charge is -2.31. The van der Waals surface area contributed by atoms with E-state index in [2.05, 4.69) is 5.32 Å². The molecule has 0 bridgehead atoms. The van der Waals surface area contributed by atoms with Gasteiger partial charge in [-0.1, -0.05) is 18.2 Å². The molecule has 1 aromatic carbocycles. The molecule has 2 heterocycles. The van der Waals surface area contributed by atoms with Crippen molar-refractivity contribution in [3.63, 3.8) is 0 Å². The van der Waals surface area contributed by atoms with Crippen molar-refractivity contribution < 1.29 is 22.4 Å². The first-order valence-corrected chi connectivity index (χ1v) is 12.2. The molecular weight excluding hydrogens is 430 g/mol. The number of fused-ring (bicyclic) bond motifs is 1. The predicted octanol–water partition coefficient (Wildman–Crippen LogP) is 2.97. The van der Waals surface area contributed by atoms with Crippen molar-refractivity contribution in [1.29, 1.82) is 0 Å². The van der Waals surface area contributed by atoms with Crippen LogP contribution in [0.1, 0.15) is 33.5 Å². The first-order chi connectivity index (χ1) is 15.1. The van der Waals surface area contributed by atoms with Gasteiger partial charge in [-0.25, -0.2) is 8.42 Å². The summed E-state index contributed by atoms with van der Waals surface area (Å²) in [5, 5.41) is 3.04. The summed E-state index contributed by atoms with van der Waals surface area (Å²) in [6, 6.07) is 10.4. The average molecular weight is 460 g/mol. The van der Waals surface area contributed by atoms with Gasteiger partial charge in [0.1, 0.15) is 18.1 Å². The third-order valence-electron chi connectivity index (χ3n) is 5.15. The summed E-state index contributed by atoms with van der Waals surface area (Å²) in [5.74, 6) is -0.888. The van der Waals surface area contributed by atoms with Gasteiger partial charge in [-0.15, -0.1) is 0 Å². The van der Waals surface area contributed by atoms with Gasteiger partial charge in [0.15, 0.2) is 9.84 Å². The van der Waals surface area contributed by atoms with Gasteiger partial charge in [0.25, 0.3) is 0 Å². The molecule has 0 radical (unpaired) electrons. The fourth-order valence-electron chi connectivity index (χ4n) is 3.89. The molecule has 8 nitrogen and oxygen atoms in total. The number of nitrogens with one attached hydrogen (secondary N) is 1. The van der Waals surface area contributed by atoms with Gasteiger partial charge in [0.05, 0.1) is 17.7 Å². The number of para-hydroxylation sites is 1. The van der Waals surface area contributed by atoms with E-state index in [4.69, 9.17) is 4.42 Å². The van der Waals surface area contributed by atoms with Crippen LogP contribution in [0.3, 0.4) is 0 Å². The number of amides is 2. The molecule has 2 amide bonds. The standard InChI is InChI=1S/C23H29N3O5S/c1-16(2)26(17(3)4)23(28)14-25-13-21(19-9-5-6-10-20(19)25)32(29,30)15-22(27)24-12-18-8-7-11-31-18/h5-11,13,16-17H,12,14-15H2,1-4H3,(H,24,27). The van der Waals surface area contributed by atoms with Gasteiger partial charge in [-0.05, 0) is 45.9 Å². The predicted molar refractivity (Wildman–Crippen MR) is 122 cm³/mol. The lowest BCUT2D eigenvalue weighted by Crippen LogP contribution is -2.43. The van der Waals surface area contributed by atoms with Crippen molar-refractivity contribution in [1.82, 2.24) is 14.8 Å². The number of carbonyl (C=O) groups excluding carboxylic acids is 2. The Balaban J connectivity index is 1.85. The first-order valence-electron chi connectivity index (χ1n) is 10.5. The second-order valence-corrected chi connectivity index (χ2v) is 10.2. The highest BCUT2D eigenvalue weighted by molar-refractivity contribution is 7.92. The summed E-state index contributed by atoms with van der Waals surface area (Å²) in [6.45, 7) is 7.91. The van der Waals surface area contributed by atoms with Gasteiger partial charge in [-0.3, -0.25) is 9.59 Å². The van der Waals surface area contributed by atoms with Crippen LogP contribution in [0.5, 0.6) is 0 Å². The number of furan rings is 1. The minimum atomic E-state index is -3.93. The number of sulfone groups is 1. The molecule has 172 valence electrons. The SMILES string of the molecule is CC(C)N(C(=O)Cn1cc(S(=O)(=O)CC(=O)NCc2ccco2)c2ccccc21)C(C)C. The van der Waals surface area contributed by atoms with Crippen LogP contribution in [0.25, 0.3) is 10.9 Å². The molecule has 3 rings (SSSR count). The summed E-state index contributed by atoms with van der Waals surface area (Å²) < 4.78 is 32.9. The molecule has 0 fully saturated rings. The van der Waals surface area contributed by atoms with Crippen LogP contribution in [-0.2, 0) is 32.5 Å². The average Bonchev–Trinajstić information content (AvgIpc) is 3.34. The highest BCUT2D eigenvalue weighted by atomic mass is 32.2. The Bertz CT molecular complexity index is 1190. The second-order valence-electron chi connectivity index (χ2n) is 8.24.